The minimum absolute atomic E-state index is 0.118. The predicted molar refractivity (Wildman–Crippen MR) is 110 cm³/mol. The molecule has 0 unspecified atom stereocenters. The number of carbonyl (C=O) groups is 1. The van der Waals surface area contributed by atoms with E-state index in [2.05, 4.69) is 15.3 Å². The molecule has 28 heavy (non-hydrogen) atoms. The van der Waals surface area contributed by atoms with E-state index in [1.807, 2.05) is 66.9 Å². The molecule has 0 aliphatic heterocycles. The van der Waals surface area contributed by atoms with Crippen LogP contribution in [0.25, 0.3) is 11.3 Å². The van der Waals surface area contributed by atoms with Crippen LogP contribution in [-0.4, -0.2) is 15.9 Å². The van der Waals surface area contributed by atoms with E-state index in [-0.39, 0.29) is 5.91 Å². The number of nitrogens with zero attached hydrogens (tertiary/aromatic N) is 1. The number of imidazole rings is 1. The zero-order chi connectivity index (χ0) is 19.2. The lowest BCUT2D eigenvalue weighted by Crippen LogP contribution is -2.22. The van der Waals surface area contributed by atoms with Crippen LogP contribution in [0.2, 0.25) is 0 Å². The van der Waals surface area contributed by atoms with Crippen molar-refractivity contribution in [3.05, 3.63) is 96.1 Å². The van der Waals surface area contributed by atoms with Gasteiger partial charge in [-0.3, -0.25) is 4.79 Å². The number of carbonyl (C=O) groups excluding carboxylic acids is 1. The standard InChI is InChI=1S/C22H19N3O2S/c26-21(23-13-19-10-5-11-27-19)18-9-4-6-16(12-18)15-28-22-24-14-20(25-22)17-7-2-1-3-8-17/h1-12,14H,13,15H2,(H,23,26)(H,24,25). The Balaban J connectivity index is 1.36. The van der Waals surface area contributed by atoms with Crippen molar-refractivity contribution in [2.45, 2.75) is 17.5 Å². The number of hydrogen-bond donors (Lipinski definition) is 2. The highest BCUT2D eigenvalue weighted by atomic mass is 32.2. The van der Waals surface area contributed by atoms with Gasteiger partial charge in [-0.1, -0.05) is 54.2 Å². The molecule has 0 saturated carbocycles. The number of nitrogens with one attached hydrogen (secondary N) is 2. The second-order valence-corrected chi connectivity index (χ2v) is 7.18. The minimum Gasteiger partial charge on any atom is -0.467 e. The predicted octanol–water partition coefficient (Wildman–Crippen LogP) is 4.89. The van der Waals surface area contributed by atoms with Crippen molar-refractivity contribution in [2.24, 2.45) is 0 Å². The van der Waals surface area contributed by atoms with Crippen molar-refractivity contribution in [3.63, 3.8) is 0 Å². The molecule has 0 saturated heterocycles. The Kier molecular flexibility index (Phi) is 5.58. The Bertz CT molecular complexity index is 1040. The lowest BCUT2D eigenvalue weighted by atomic mass is 10.1. The first-order valence-corrected chi connectivity index (χ1v) is 9.89. The van der Waals surface area contributed by atoms with E-state index in [9.17, 15) is 4.79 Å². The lowest BCUT2D eigenvalue weighted by Gasteiger charge is -2.06. The zero-order valence-electron chi connectivity index (χ0n) is 15.1. The van der Waals surface area contributed by atoms with Gasteiger partial charge in [0.05, 0.1) is 24.7 Å². The molecule has 0 atom stereocenters. The molecule has 0 spiro atoms. The van der Waals surface area contributed by atoms with Gasteiger partial charge in [0, 0.05) is 11.3 Å². The molecule has 5 nitrogen and oxygen atoms in total. The minimum atomic E-state index is -0.118. The number of amides is 1. The van der Waals surface area contributed by atoms with Crippen LogP contribution in [0.3, 0.4) is 0 Å². The van der Waals surface area contributed by atoms with Crippen LogP contribution in [-0.2, 0) is 12.3 Å². The molecule has 0 aliphatic rings. The number of aromatic amines is 1. The fraction of sp³-hybridized carbons (Fsp3) is 0.0909. The van der Waals surface area contributed by atoms with Gasteiger partial charge >= 0.3 is 0 Å². The van der Waals surface area contributed by atoms with Gasteiger partial charge in [0.1, 0.15) is 5.76 Å². The van der Waals surface area contributed by atoms with Gasteiger partial charge in [0.15, 0.2) is 5.16 Å². The van der Waals surface area contributed by atoms with Gasteiger partial charge in [0.25, 0.3) is 5.91 Å². The monoisotopic (exact) mass is 389 g/mol. The van der Waals surface area contributed by atoms with Crippen molar-refractivity contribution in [1.82, 2.24) is 15.3 Å². The summed E-state index contributed by atoms with van der Waals surface area (Å²) in [6, 6.07) is 21.4. The van der Waals surface area contributed by atoms with E-state index in [0.717, 1.165) is 33.5 Å². The lowest BCUT2D eigenvalue weighted by molar-refractivity contribution is 0.0948. The molecule has 2 aromatic heterocycles. The number of furan rings is 1. The Morgan fingerprint density at radius 3 is 2.79 bits per heavy atom. The third kappa shape index (κ3) is 4.53. The molecular weight excluding hydrogens is 370 g/mol. The molecule has 140 valence electrons. The number of rotatable bonds is 7. The largest absolute Gasteiger partial charge is 0.467 e. The van der Waals surface area contributed by atoms with Crippen LogP contribution in [0.1, 0.15) is 21.7 Å². The summed E-state index contributed by atoms with van der Waals surface area (Å²) in [7, 11) is 0. The first kappa shape index (κ1) is 18.1. The summed E-state index contributed by atoms with van der Waals surface area (Å²) in [5.41, 5.74) is 3.80. The number of aromatic nitrogens is 2. The second kappa shape index (κ2) is 8.63. The molecule has 4 rings (SSSR count). The van der Waals surface area contributed by atoms with E-state index in [1.165, 1.54) is 0 Å². The topological polar surface area (TPSA) is 70.9 Å². The van der Waals surface area contributed by atoms with E-state index in [1.54, 1.807) is 24.1 Å². The van der Waals surface area contributed by atoms with Gasteiger partial charge in [-0.2, -0.15) is 0 Å². The van der Waals surface area contributed by atoms with Crippen LogP contribution in [0.4, 0.5) is 0 Å². The van der Waals surface area contributed by atoms with E-state index in [4.69, 9.17) is 4.42 Å². The molecule has 2 N–H and O–H groups in total. The molecule has 2 heterocycles. The fourth-order valence-electron chi connectivity index (χ4n) is 2.78. The summed E-state index contributed by atoms with van der Waals surface area (Å²) in [5, 5.41) is 3.72. The Morgan fingerprint density at radius 2 is 1.96 bits per heavy atom. The highest BCUT2D eigenvalue weighted by Gasteiger charge is 2.08. The maximum Gasteiger partial charge on any atom is 0.251 e. The van der Waals surface area contributed by atoms with Gasteiger partial charge < -0.3 is 14.7 Å². The Hall–Kier alpha value is -3.25. The van der Waals surface area contributed by atoms with Gasteiger partial charge in [0.2, 0.25) is 0 Å². The van der Waals surface area contributed by atoms with E-state index >= 15 is 0 Å². The molecule has 0 fully saturated rings. The van der Waals surface area contributed by atoms with Crippen molar-refractivity contribution in [3.8, 4) is 11.3 Å². The number of H-pyrrole nitrogens is 1. The Morgan fingerprint density at radius 1 is 1.07 bits per heavy atom. The smallest absolute Gasteiger partial charge is 0.251 e. The normalized spacial score (nSPS) is 10.7. The molecule has 2 aromatic carbocycles. The molecule has 0 bridgehead atoms. The fourth-order valence-corrected chi connectivity index (χ4v) is 3.57. The van der Waals surface area contributed by atoms with Crippen LogP contribution in [0.5, 0.6) is 0 Å². The van der Waals surface area contributed by atoms with Crippen LogP contribution in [0.15, 0.2) is 88.8 Å². The molecule has 4 aromatic rings. The number of hydrogen-bond acceptors (Lipinski definition) is 4. The summed E-state index contributed by atoms with van der Waals surface area (Å²) in [6.07, 6.45) is 3.44. The summed E-state index contributed by atoms with van der Waals surface area (Å²) in [6.45, 7) is 0.374. The van der Waals surface area contributed by atoms with Crippen LogP contribution >= 0.6 is 11.8 Å². The SMILES string of the molecule is O=C(NCc1ccco1)c1cccc(CSc2ncc(-c3ccccc3)[nH]2)c1. The average molecular weight is 389 g/mol. The maximum absolute atomic E-state index is 12.3. The molecular formula is C22H19N3O2S. The quantitative estimate of drug-likeness (QED) is 0.441. The summed E-state index contributed by atoms with van der Waals surface area (Å²) in [5.74, 6) is 1.33. The van der Waals surface area contributed by atoms with Crippen LogP contribution in [0, 0.1) is 0 Å². The summed E-state index contributed by atoms with van der Waals surface area (Å²) < 4.78 is 5.24. The molecule has 0 radical (unpaired) electrons. The average Bonchev–Trinajstić information content (AvgIpc) is 3.43. The first-order valence-electron chi connectivity index (χ1n) is 8.91. The molecule has 6 heteroatoms. The summed E-state index contributed by atoms with van der Waals surface area (Å²) >= 11 is 1.61. The van der Waals surface area contributed by atoms with Gasteiger partial charge in [-0.15, -0.1) is 0 Å². The van der Waals surface area contributed by atoms with Crippen molar-refractivity contribution >= 4 is 17.7 Å². The molecule has 0 aliphatic carbocycles. The maximum atomic E-state index is 12.3. The van der Waals surface area contributed by atoms with Gasteiger partial charge in [-0.05, 0) is 35.4 Å². The van der Waals surface area contributed by atoms with Crippen molar-refractivity contribution in [2.75, 3.05) is 0 Å². The third-order valence-electron chi connectivity index (χ3n) is 4.21. The Labute approximate surface area is 167 Å². The first-order chi connectivity index (χ1) is 13.8. The third-order valence-corrected chi connectivity index (χ3v) is 5.16. The van der Waals surface area contributed by atoms with E-state index < -0.39 is 0 Å². The molecule has 1 amide bonds. The van der Waals surface area contributed by atoms with Gasteiger partial charge in [-0.25, -0.2) is 4.98 Å². The number of benzene rings is 2. The van der Waals surface area contributed by atoms with Crippen molar-refractivity contribution < 1.29 is 9.21 Å². The number of thioether (sulfide) groups is 1. The second-order valence-electron chi connectivity index (χ2n) is 6.22. The summed E-state index contributed by atoms with van der Waals surface area (Å²) in [4.78, 5) is 20.1. The van der Waals surface area contributed by atoms with Crippen molar-refractivity contribution in [1.29, 1.82) is 0 Å². The highest BCUT2D eigenvalue weighted by Crippen LogP contribution is 2.24. The van der Waals surface area contributed by atoms with Crippen LogP contribution < -0.4 is 5.32 Å². The zero-order valence-corrected chi connectivity index (χ0v) is 15.9. The highest BCUT2D eigenvalue weighted by molar-refractivity contribution is 7.98. The van der Waals surface area contributed by atoms with E-state index in [0.29, 0.717) is 12.1 Å².